The van der Waals surface area contributed by atoms with Crippen LogP contribution in [0.3, 0.4) is 0 Å². The summed E-state index contributed by atoms with van der Waals surface area (Å²) in [7, 11) is 0. The molecular formula is C15H16ClN3O. The molecule has 1 atom stereocenters. The van der Waals surface area contributed by atoms with Gasteiger partial charge in [-0.25, -0.2) is 4.99 Å². The van der Waals surface area contributed by atoms with E-state index < -0.39 is 0 Å². The molecule has 2 N–H and O–H groups in total. The molecule has 4 nitrogen and oxygen atoms in total. The molecule has 4 rings (SSSR count). The Morgan fingerprint density at radius 2 is 2.05 bits per heavy atom. The van der Waals surface area contributed by atoms with E-state index in [1.54, 1.807) is 0 Å². The molecule has 0 spiro atoms. The molecule has 2 aromatic rings. The van der Waals surface area contributed by atoms with Gasteiger partial charge in [0.1, 0.15) is 12.8 Å². The third-order valence-corrected chi connectivity index (χ3v) is 3.68. The molecule has 2 aromatic carbocycles. The number of hydrogen-bond donors (Lipinski definition) is 2. The van der Waals surface area contributed by atoms with Crippen molar-refractivity contribution in [1.82, 2.24) is 10.6 Å². The topological polar surface area (TPSA) is 45.7 Å². The lowest BCUT2D eigenvalue weighted by molar-refractivity contribution is 0.318. The Kier molecular flexibility index (Phi) is 3.51. The number of halogens is 1. The van der Waals surface area contributed by atoms with Gasteiger partial charge in [0.15, 0.2) is 0 Å². The number of ether oxygens (including phenoxy) is 1. The number of amidine groups is 1. The van der Waals surface area contributed by atoms with Gasteiger partial charge in [0.05, 0.1) is 6.54 Å². The van der Waals surface area contributed by atoms with Gasteiger partial charge in [0.2, 0.25) is 0 Å². The maximum atomic E-state index is 5.44. The number of nitrogens with one attached hydrogen (secondary N) is 2. The fourth-order valence-electron chi connectivity index (χ4n) is 2.83. The van der Waals surface area contributed by atoms with Gasteiger partial charge in [-0.3, -0.25) is 5.32 Å². The number of nitrogens with zero attached hydrogens (tertiary/aromatic N) is 1. The van der Waals surface area contributed by atoms with Crippen LogP contribution in [0.2, 0.25) is 0 Å². The quantitative estimate of drug-likeness (QED) is 0.847. The van der Waals surface area contributed by atoms with Crippen LogP contribution in [0.15, 0.2) is 41.4 Å². The van der Waals surface area contributed by atoms with E-state index in [-0.39, 0.29) is 18.6 Å². The number of hydrogen-bond acceptors (Lipinski definition) is 4. The summed E-state index contributed by atoms with van der Waals surface area (Å²) in [6, 6.07) is 13.5. The van der Waals surface area contributed by atoms with Crippen molar-refractivity contribution in [3.05, 3.63) is 47.5 Å². The second-order valence-electron chi connectivity index (χ2n) is 4.86. The van der Waals surface area contributed by atoms with E-state index in [0.29, 0.717) is 12.6 Å². The molecule has 0 bridgehead atoms. The van der Waals surface area contributed by atoms with E-state index >= 15 is 0 Å². The first kappa shape index (κ1) is 13.2. The molecule has 2 aliphatic rings. The lowest BCUT2D eigenvalue weighted by atomic mass is 9.94. The van der Waals surface area contributed by atoms with Crippen LogP contribution in [0.4, 0.5) is 0 Å². The van der Waals surface area contributed by atoms with Crippen LogP contribution in [0.25, 0.3) is 10.8 Å². The zero-order valence-electron chi connectivity index (χ0n) is 10.9. The molecule has 2 aliphatic heterocycles. The Morgan fingerprint density at radius 1 is 1.20 bits per heavy atom. The summed E-state index contributed by atoms with van der Waals surface area (Å²) in [6.45, 7) is 2.28. The van der Waals surface area contributed by atoms with Crippen LogP contribution < -0.4 is 10.6 Å². The molecule has 0 radical (unpaired) electrons. The van der Waals surface area contributed by atoms with Crippen LogP contribution in [0, 0.1) is 0 Å². The minimum absolute atomic E-state index is 0. The highest BCUT2D eigenvalue weighted by Crippen LogP contribution is 2.30. The van der Waals surface area contributed by atoms with Gasteiger partial charge in [-0.2, -0.15) is 0 Å². The number of benzene rings is 2. The highest BCUT2D eigenvalue weighted by molar-refractivity contribution is 5.90. The van der Waals surface area contributed by atoms with E-state index in [1.807, 2.05) is 0 Å². The fraction of sp³-hybridized carbons (Fsp3) is 0.267. The number of aliphatic imine (C=N–C) groups is 1. The molecule has 2 heterocycles. The van der Waals surface area contributed by atoms with Crippen LogP contribution in [0.1, 0.15) is 17.3 Å². The Labute approximate surface area is 123 Å². The van der Waals surface area contributed by atoms with E-state index in [1.165, 1.54) is 21.9 Å². The van der Waals surface area contributed by atoms with E-state index in [0.717, 1.165) is 13.1 Å². The molecule has 0 fully saturated rings. The zero-order valence-corrected chi connectivity index (χ0v) is 11.7. The van der Waals surface area contributed by atoms with Crippen molar-refractivity contribution < 1.29 is 4.74 Å². The van der Waals surface area contributed by atoms with Gasteiger partial charge in [-0.1, -0.05) is 36.4 Å². The molecular weight excluding hydrogens is 274 g/mol. The lowest BCUT2D eigenvalue weighted by Crippen LogP contribution is -2.40. The average molecular weight is 290 g/mol. The summed E-state index contributed by atoms with van der Waals surface area (Å²) in [4.78, 5) is 4.29. The second kappa shape index (κ2) is 5.31. The van der Waals surface area contributed by atoms with Crippen LogP contribution in [0.5, 0.6) is 0 Å². The first-order chi connectivity index (χ1) is 9.42. The third-order valence-electron chi connectivity index (χ3n) is 3.68. The maximum absolute atomic E-state index is 5.44. The molecule has 0 aromatic heterocycles. The Balaban J connectivity index is 0.00000121. The molecule has 0 amide bonds. The summed E-state index contributed by atoms with van der Waals surface area (Å²) < 4.78 is 5.44. The molecule has 5 heteroatoms. The van der Waals surface area contributed by atoms with Gasteiger partial charge in [-0.05, 0) is 21.9 Å². The van der Waals surface area contributed by atoms with Crippen LogP contribution >= 0.6 is 12.4 Å². The molecule has 0 saturated carbocycles. The molecule has 20 heavy (non-hydrogen) atoms. The van der Waals surface area contributed by atoms with Crippen molar-refractivity contribution in [2.45, 2.75) is 12.7 Å². The Morgan fingerprint density at radius 3 is 2.85 bits per heavy atom. The van der Waals surface area contributed by atoms with E-state index in [4.69, 9.17) is 4.74 Å². The first-order valence-electron chi connectivity index (χ1n) is 6.59. The summed E-state index contributed by atoms with van der Waals surface area (Å²) >= 11 is 0. The molecule has 104 valence electrons. The smallest absolute Gasteiger partial charge is 0.286 e. The fourth-order valence-corrected chi connectivity index (χ4v) is 2.83. The lowest BCUT2D eigenvalue weighted by Gasteiger charge is -2.28. The standard InChI is InChI=1S/C15H15N3O.ClH/c1-3-10-4-2-6-12-13(10)11(5-1)9-17-14(12)18-15-16-7-8-19-15;/h1-6,14,17H,7-9H2,(H,16,18);1H. The summed E-state index contributed by atoms with van der Waals surface area (Å²) in [5, 5.41) is 9.46. The van der Waals surface area contributed by atoms with Crippen LogP contribution in [-0.4, -0.2) is 19.2 Å². The average Bonchev–Trinajstić information content (AvgIpc) is 2.95. The maximum Gasteiger partial charge on any atom is 0.286 e. The molecule has 1 unspecified atom stereocenters. The summed E-state index contributed by atoms with van der Waals surface area (Å²) in [5.74, 6) is 0. The van der Waals surface area contributed by atoms with Gasteiger partial charge in [-0.15, -0.1) is 12.4 Å². The number of rotatable bonds is 1. The van der Waals surface area contributed by atoms with Crippen molar-refractivity contribution in [2.24, 2.45) is 4.99 Å². The van der Waals surface area contributed by atoms with Gasteiger partial charge >= 0.3 is 0 Å². The molecule has 0 saturated heterocycles. The Bertz CT molecular complexity index is 666. The van der Waals surface area contributed by atoms with Crippen LogP contribution in [-0.2, 0) is 11.3 Å². The predicted molar refractivity (Wildman–Crippen MR) is 82.2 cm³/mol. The minimum Gasteiger partial charge on any atom is -0.463 e. The van der Waals surface area contributed by atoms with Gasteiger partial charge in [0, 0.05) is 6.54 Å². The summed E-state index contributed by atoms with van der Waals surface area (Å²) in [6.07, 6.45) is 0.0652. The largest absolute Gasteiger partial charge is 0.463 e. The van der Waals surface area contributed by atoms with Crippen molar-refractivity contribution in [1.29, 1.82) is 0 Å². The first-order valence-corrected chi connectivity index (χ1v) is 6.59. The SMILES string of the molecule is Cl.c1cc2c3c(cccc3c1)C(NC1=NCCO1)NC2. The summed E-state index contributed by atoms with van der Waals surface area (Å²) in [5.41, 5.74) is 2.61. The predicted octanol–water partition coefficient (Wildman–Crippen LogP) is 2.34. The van der Waals surface area contributed by atoms with Gasteiger partial charge < -0.3 is 10.1 Å². The van der Waals surface area contributed by atoms with E-state index in [9.17, 15) is 0 Å². The van der Waals surface area contributed by atoms with Crippen molar-refractivity contribution in [3.63, 3.8) is 0 Å². The minimum atomic E-state index is 0. The highest BCUT2D eigenvalue weighted by Gasteiger charge is 2.22. The Hall–Kier alpha value is -1.78. The molecule has 0 aliphatic carbocycles. The zero-order chi connectivity index (χ0) is 12.7. The van der Waals surface area contributed by atoms with Crippen molar-refractivity contribution >= 4 is 29.2 Å². The third kappa shape index (κ3) is 2.11. The van der Waals surface area contributed by atoms with Crippen molar-refractivity contribution in [3.8, 4) is 0 Å². The van der Waals surface area contributed by atoms with Crippen molar-refractivity contribution in [2.75, 3.05) is 13.2 Å². The highest BCUT2D eigenvalue weighted by atomic mass is 35.5. The monoisotopic (exact) mass is 289 g/mol. The van der Waals surface area contributed by atoms with Gasteiger partial charge in [0.25, 0.3) is 6.02 Å². The van der Waals surface area contributed by atoms with E-state index in [2.05, 4.69) is 52.0 Å². The normalized spacial score (nSPS) is 20.0. The second-order valence-corrected chi connectivity index (χ2v) is 4.86.